The minimum absolute atomic E-state index is 0. The van der Waals surface area contributed by atoms with E-state index in [9.17, 15) is 4.79 Å². The maximum atomic E-state index is 12.6. The van der Waals surface area contributed by atoms with Gasteiger partial charge >= 0.3 is 0 Å². The fourth-order valence-electron chi connectivity index (χ4n) is 2.93. The third-order valence-electron chi connectivity index (χ3n) is 4.85. The molecule has 0 saturated carbocycles. The highest BCUT2D eigenvalue weighted by Gasteiger charge is 2.15. The Labute approximate surface area is 178 Å². The Kier molecular flexibility index (Phi) is 8.95. The van der Waals surface area contributed by atoms with Crippen LogP contribution in [0.2, 0.25) is 0 Å². The minimum atomic E-state index is 0. The van der Waals surface area contributed by atoms with Gasteiger partial charge in [0, 0.05) is 30.9 Å². The molecule has 152 valence electrons. The van der Waals surface area contributed by atoms with Crippen LogP contribution in [0.5, 0.6) is 0 Å². The van der Waals surface area contributed by atoms with Gasteiger partial charge in [-0.05, 0) is 48.7 Å². The van der Waals surface area contributed by atoms with Gasteiger partial charge in [0.15, 0.2) is 0 Å². The van der Waals surface area contributed by atoms with Gasteiger partial charge in [0.2, 0.25) is 0 Å². The summed E-state index contributed by atoms with van der Waals surface area (Å²) >= 11 is 0. The average Bonchev–Trinajstić information content (AvgIpc) is 3.09. The molecule has 0 bridgehead atoms. The summed E-state index contributed by atoms with van der Waals surface area (Å²) in [6.07, 6.45) is 2.61. The predicted molar refractivity (Wildman–Crippen MR) is 120 cm³/mol. The molecule has 3 aromatic rings. The molecule has 2 aromatic carbocycles. The van der Waals surface area contributed by atoms with Crippen molar-refractivity contribution in [3.8, 4) is 5.69 Å². The Morgan fingerprint density at radius 3 is 2.39 bits per heavy atom. The second kappa shape index (κ2) is 10.5. The molecule has 28 heavy (non-hydrogen) atoms. The van der Waals surface area contributed by atoms with Crippen LogP contribution in [-0.4, -0.2) is 40.0 Å². The minimum Gasteiger partial charge on any atom is -0.342 e. The lowest BCUT2D eigenvalue weighted by Crippen LogP contribution is -2.34. The van der Waals surface area contributed by atoms with Crippen molar-refractivity contribution in [2.24, 2.45) is 11.7 Å². The summed E-state index contributed by atoms with van der Waals surface area (Å²) in [4.78, 5) is 18.8. The van der Waals surface area contributed by atoms with E-state index in [1.54, 1.807) is 11.2 Å². The highest BCUT2D eigenvalue weighted by Crippen LogP contribution is 2.18. The number of carbonyl (C=O) groups is 1. The number of halogens is 2. The van der Waals surface area contributed by atoms with E-state index in [4.69, 9.17) is 5.73 Å². The smallest absolute Gasteiger partial charge is 0.253 e. The van der Waals surface area contributed by atoms with Crippen molar-refractivity contribution in [3.63, 3.8) is 0 Å². The Balaban J connectivity index is 0.00000196. The van der Waals surface area contributed by atoms with E-state index in [2.05, 4.69) is 18.8 Å². The van der Waals surface area contributed by atoms with Crippen molar-refractivity contribution in [2.75, 3.05) is 13.6 Å². The molecule has 2 N–H and O–H groups in total. The Morgan fingerprint density at radius 1 is 1.11 bits per heavy atom. The zero-order valence-corrected chi connectivity index (χ0v) is 18.0. The maximum Gasteiger partial charge on any atom is 0.253 e. The van der Waals surface area contributed by atoms with E-state index in [1.165, 1.54) is 0 Å². The number of hydrogen-bond donors (Lipinski definition) is 1. The molecule has 1 amide bonds. The van der Waals surface area contributed by atoms with E-state index in [-0.39, 0.29) is 36.8 Å². The highest BCUT2D eigenvalue weighted by atomic mass is 35.5. The fourth-order valence-corrected chi connectivity index (χ4v) is 2.93. The zero-order chi connectivity index (χ0) is 18.7. The first kappa shape index (κ1) is 24.0. The molecular formula is C21H28Cl2N4O. The first-order valence-electron chi connectivity index (χ1n) is 9.01. The van der Waals surface area contributed by atoms with Gasteiger partial charge in [-0.25, -0.2) is 4.98 Å². The number of imidazole rings is 1. The number of benzene rings is 2. The third kappa shape index (κ3) is 5.25. The normalized spacial score (nSPS) is 11.6. The van der Waals surface area contributed by atoms with Crippen LogP contribution in [0.4, 0.5) is 0 Å². The molecule has 1 atom stereocenters. The van der Waals surface area contributed by atoms with Gasteiger partial charge in [-0.2, -0.15) is 0 Å². The van der Waals surface area contributed by atoms with Crippen LogP contribution in [0, 0.1) is 5.92 Å². The van der Waals surface area contributed by atoms with Gasteiger partial charge in [0.05, 0.1) is 11.0 Å². The molecule has 0 aliphatic carbocycles. The molecule has 1 unspecified atom stereocenters. The highest BCUT2D eigenvalue weighted by molar-refractivity contribution is 5.94. The van der Waals surface area contributed by atoms with Crippen LogP contribution in [-0.2, 0) is 0 Å². The molecule has 5 nitrogen and oxygen atoms in total. The maximum absolute atomic E-state index is 12.6. The Hall–Kier alpha value is -2.08. The van der Waals surface area contributed by atoms with Crippen LogP contribution < -0.4 is 5.73 Å². The lowest BCUT2D eigenvalue weighted by molar-refractivity contribution is 0.0789. The van der Waals surface area contributed by atoms with Crippen molar-refractivity contribution in [2.45, 2.75) is 26.3 Å². The third-order valence-corrected chi connectivity index (χ3v) is 4.85. The van der Waals surface area contributed by atoms with Gasteiger partial charge in [-0.3, -0.25) is 9.36 Å². The summed E-state index contributed by atoms with van der Waals surface area (Å²) < 4.78 is 2.02. The van der Waals surface area contributed by atoms with Crippen molar-refractivity contribution >= 4 is 41.8 Å². The van der Waals surface area contributed by atoms with Crippen LogP contribution in [0.1, 0.15) is 30.6 Å². The van der Waals surface area contributed by atoms with Crippen LogP contribution in [0.15, 0.2) is 54.9 Å². The fraction of sp³-hybridized carbons (Fsp3) is 0.333. The van der Waals surface area contributed by atoms with Gasteiger partial charge in [-0.15, -0.1) is 24.8 Å². The molecule has 0 spiro atoms. The number of nitrogens with two attached hydrogens (primary N) is 1. The van der Waals surface area contributed by atoms with Crippen molar-refractivity contribution < 1.29 is 4.79 Å². The van der Waals surface area contributed by atoms with Crippen LogP contribution >= 0.6 is 24.8 Å². The molecule has 0 aliphatic heterocycles. The number of nitrogens with zero attached hydrogens (tertiary/aromatic N) is 3. The molecule has 0 radical (unpaired) electrons. The van der Waals surface area contributed by atoms with E-state index in [0.717, 1.165) is 23.1 Å². The quantitative estimate of drug-likeness (QED) is 0.643. The number of amides is 1. The predicted octanol–water partition coefficient (Wildman–Crippen LogP) is 4.31. The summed E-state index contributed by atoms with van der Waals surface area (Å²) in [5.41, 5.74) is 9.74. The number of hydrogen-bond acceptors (Lipinski definition) is 3. The summed E-state index contributed by atoms with van der Waals surface area (Å²) in [6, 6.07) is 15.7. The Bertz CT molecular complexity index is 893. The molecule has 1 aromatic heterocycles. The second-order valence-corrected chi connectivity index (χ2v) is 7.07. The van der Waals surface area contributed by atoms with E-state index in [0.29, 0.717) is 18.0 Å². The first-order valence-corrected chi connectivity index (χ1v) is 9.01. The van der Waals surface area contributed by atoms with E-state index >= 15 is 0 Å². The standard InChI is InChI=1S/C21H26N4O.2ClH/c1-15(2)18(22)12-13-24(3)21(26)16-8-10-17(11-9-16)25-14-23-19-6-4-5-7-20(19)25;;/h4-11,14-15,18H,12-13,22H2,1-3H3;2*1H. The Morgan fingerprint density at radius 2 is 1.75 bits per heavy atom. The van der Waals surface area contributed by atoms with Crippen LogP contribution in [0.25, 0.3) is 16.7 Å². The summed E-state index contributed by atoms with van der Waals surface area (Å²) in [5.74, 6) is 0.436. The summed E-state index contributed by atoms with van der Waals surface area (Å²) in [7, 11) is 1.83. The van der Waals surface area contributed by atoms with Gasteiger partial charge in [-0.1, -0.05) is 26.0 Å². The average molecular weight is 423 g/mol. The van der Waals surface area contributed by atoms with Crippen molar-refractivity contribution in [1.29, 1.82) is 0 Å². The van der Waals surface area contributed by atoms with E-state index < -0.39 is 0 Å². The molecule has 7 heteroatoms. The molecule has 3 rings (SSSR count). The monoisotopic (exact) mass is 422 g/mol. The molecular weight excluding hydrogens is 395 g/mol. The molecule has 0 fully saturated rings. The lowest BCUT2D eigenvalue weighted by Gasteiger charge is -2.21. The second-order valence-electron chi connectivity index (χ2n) is 7.07. The summed E-state index contributed by atoms with van der Waals surface area (Å²) in [5, 5.41) is 0. The van der Waals surface area contributed by atoms with Crippen molar-refractivity contribution in [1.82, 2.24) is 14.5 Å². The lowest BCUT2D eigenvalue weighted by atomic mass is 10.0. The zero-order valence-electron chi connectivity index (χ0n) is 16.4. The number of fused-ring (bicyclic) bond motifs is 1. The number of carbonyl (C=O) groups excluding carboxylic acids is 1. The van der Waals surface area contributed by atoms with Gasteiger partial charge in [0.1, 0.15) is 6.33 Å². The van der Waals surface area contributed by atoms with E-state index in [1.807, 2.05) is 60.1 Å². The first-order chi connectivity index (χ1) is 12.5. The number of rotatable bonds is 6. The molecule has 1 heterocycles. The number of aromatic nitrogens is 2. The molecule has 0 saturated heterocycles. The number of para-hydroxylation sites is 2. The topological polar surface area (TPSA) is 64.2 Å². The molecule has 0 aliphatic rings. The van der Waals surface area contributed by atoms with Gasteiger partial charge in [0.25, 0.3) is 5.91 Å². The largest absolute Gasteiger partial charge is 0.342 e. The van der Waals surface area contributed by atoms with Crippen molar-refractivity contribution in [3.05, 3.63) is 60.4 Å². The van der Waals surface area contributed by atoms with Gasteiger partial charge < -0.3 is 10.6 Å². The van der Waals surface area contributed by atoms with Crippen LogP contribution in [0.3, 0.4) is 0 Å². The summed E-state index contributed by atoms with van der Waals surface area (Å²) in [6.45, 7) is 4.86. The SMILES string of the molecule is CC(C)C(N)CCN(C)C(=O)c1ccc(-n2cnc3ccccc32)cc1.Cl.Cl.